The molecule has 29 heavy (non-hydrogen) atoms. The fourth-order valence-electron chi connectivity index (χ4n) is 3.15. The summed E-state index contributed by atoms with van der Waals surface area (Å²) >= 11 is 1.54. The Morgan fingerprint density at radius 1 is 1.28 bits per heavy atom. The molecule has 8 nitrogen and oxygen atoms in total. The number of carbonyl (C=O) groups excluding carboxylic acids is 1. The number of hydrogen-bond acceptors (Lipinski definition) is 7. The third-order valence-corrected chi connectivity index (χ3v) is 5.50. The van der Waals surface area contributed by atoms with Gasteiger partial charge in [-0.05, 0) is 19.0 Å². The minimum Gasteiger partial charge on any atom is -0.356 e. The molecule has 0 aromatic carbocycles. The molecule has 0 saturated heterocycles. The van der Waals surface area contributed by atoms with Crippen molar-refractivity contribution in [3.8, 4) is 10.7 Å². The van der Waals surface area contributed by atoms with E-state index in [1.165, 1.54) is 5.69 Å². The van der Waals surface area contributed by atoms with Gasteiger partial charge in [0.25, 0.3) is 0 Å². The average molecular weight is 434 g/mol. The largest absolute Gasteiger partial charge is 0.356 e. The van der Waals surface area contributed by atoms with E-state index >= 15 is 0 Å². The van der Waals surface area contributed by atoms with Crippen LogP contribution in [0.4, 0.5) is 0 Å². The lowest BCUT2D eigenvalue weighted by molar-refractivity contribution is -0.121. The molecule has 3 aromatic rings. The van der Waals surface area contributed by atoms with Crippen molar-refractivity contribution in [3.05, 3.63) is 47.1 Å². The number of aromatic nitrogens is 5. The van der Waals surface area contributed by atoms with Crippen molar-refractivity contribution >= 4 is 29.7 Å². The topological polar surface area (TPSA) is 97.6 Å². The lowest BCUT2D eigenvalue weighted by Gasteiger charge is -2.03. The molecule has 0 spiro atoms. The first-order chi connectivity index (χ1) is 13.8. The van der Waals surface area contributed by atoms with E-state index in [1.807, 2.05) is 5.38 Å². The van der Waals surface area contributed by atoms with Crippen molar-refractivity contribution in [1.29, 1.82) is 0 Å². The van der Waals surface area contributed by atoms with Gasteiger partial charge in [-0.1, -0.05) is 0 Å². The Morgan fingerprint density at radius 2 is 2.21 bits per heavy atom. The van der Waals surface area contributed by atoms with Gasteiger partial charge < -0.3 is 10.6 Å². The number of amides is 1. The molecule has 10 heteroatoms. The molecule has 0 saturated carbocycles. The zero-order chi connectivity index (χ0) is 19.2. The quantitative estimate of drug-likeness (QED) is 0.591. The normalized spacial score (nSPS) is 13.2. The summed E-state index contributed by atoms with van der Waals surface area (Å²) in [5.41, 5.74) is 3.92. The summed E-state index contributed by atoms with van der Waals surface area (Å²) in [4.78, 5) is 25.0. The Hall–Kier alpha value is -2.36. The molecule has 0 aliphatic carbocycles. The summed E-state index contributed by atoms with van der Waals surface area (Å²) in [6.45, 7) is 3.40. The average Bonchev–Trinajstić information content (AvgIpc) is 3.29. The van der Waals surface area contributed by atoms with Gasteiger partial charge in [0.05, 0.1) is 23.3 Å². The minimum atomic E-state index is 0. The number of nitrogens with one attached hydrogen (secondary N) is 2. The third-order valence-electron chi connectivity index (χ3n) is 4.59. The number of hydrogen-bond donors (Lipinski definition) is 2. The van der Waals surface area contributed by atoms with Crippen LogP contribution in [0.3, 0.4) is 0 Å². The molecule has 0 atom stereocenters. The van der Waals surface area contributed by atoms with Crippen LogP contribution in [0.15, 0.2) is 30.0 Å². The van der Waals surface area contributed by atoms with Crippen LogP contribution in [0, 0.1) is 0 Å². The Bertz CT molecular complexity index is 904. The number of thiazole rings is 1. The summed E-state index contributed by atoms with van der Waals surface area (Å²) in [7, 11) is 0. The Balaban J connectivity index is 0.00000240. The fourth-order valence-corrected chi connectivity index (χ4v) is 3.97. The van der Waals surface area contributed by atoms with E-state index in [-0.39, 0.29) is 18.3 Å². The van der Waals surface area contributed by atoms with Crippen molar-refractivity contribution in [2.75, 3.05) is 13.1 Å². The third kappa shape index (κ3) is 5.81. The highest BCUT2D eigenvalue weighted by atomic mass is 35.5. The van der Waals surface area contributed by atoms with Crippen molar-refractivity contribution in [2.24, 2.45) is 0 Å². The second-order valence-corrected chi connectivity index (χ2v) is 7.57. The summed E-state index contributed by atoms with van der Waals surface area (Å²) in [5.74, 6) is 0.0469. The molecule has 1 amide bonds. The summed E-state index contributed by atoms with van der Waals surface area (Å²) < 4.78 is 2.06. The van der Waals surface area contributed by atoms with E-state index in [0.717, 1.165) is 48.1 Å². The van der Waals surface area contributed by atoms with Crippen molar-refractivity contribution in [2.45, 2.75) is 38.8 Å². The Labute approximate surface area is 179 Å². The number of rotatable bonds is 7. The first kappa shape index (κ1) is 21.4. The number of fused-ring (bicyclic) bond motifs is 1. The number of aryl methyl sites for hydroxylation is 2. The van der Waals surface area contributed by atoms with E-state index in [2.05, 4.69) is 41.4 Å². The van der Waals surface area contributed by atoms with Crippen LogP contribution in [0.25, 0.3) is 10.7 Å². The molecule has 2 N–H and O–H groups in total. The molecule has 0 unspecified atom stereocenters. The SMILES string of the molecule is Cl.O=C(CCc1cc2n(n1)CCCNC2)NCCc1csc(-c2cnccn2)n1. The highest BCUT2D eigenvalue weighted by molar-refractivity contribution is 7.13. The van der Waals surface area contributed by atoms with Gasteiger partial charge >= 0.3 is 0 Å². The first-order valence-electron chi connectivity index (χ1n) is 9.52. The van der Waals surface area contributed by atoms with Crippen molar-refractivity contribution < 1.29 is 4.79 Å². The summed E-state index contributed by atoms with van der Waals surface area (Å²) in [6, 6.07) is 2.11. The maximum atomic E-state index is 12.1. The summed E-state index contributed by atoms with van der Waals surface area (Å²) in [6.07, 6.45) is 7.91. The zero-order valence-corrected chi connectivity index (χ0v) is 17.6. The molecule has 1 aliphatic heterocycles. The zero-order valence-electron chi connectivity index (χ0n) is 16.0. The molecule has 3 aromatic heterocycles. The maximum Gasteiger partial charge on any atom is 0.220 e. The molecule has 0 fully saturated rings. The number of carbonyl (C=O) groups is 1. The van der Waals surface area contributed by atoms with Gasteiger partial charge in [0.15, 0.2) is 0 Å². The second kappa shape index (κ2) is 10.4. The van der Waals surface area contributed by atoms with E-state index in [0.29, 0.717) is 25.8 Å². The summed E-state index contributed by atoms with van der Waals surface area (Å²) in [5, 5.41) is 13.8. The van der Waals surface area contributed by atoms with Gasteiger partial charge in [-0.15, -0.1) is 23.7 Å². The molecular weight excluding hydrogens is 410 g/mol. The van der Waals surface area contributed by atoms with Gasteiger partial charge in [0.2, 0.25) is 5.91 Å². The smallest absolute Gasteiger partial charge is 0.220 e. The van der Waals surface area contributed by atoms with Gasteiger partial charge in [-0.3, -0.25) is 19.4 Å². The first-order valence-corrected chi connectivity index (χ1v) is 10.4. The second-order valence-electron chi connectivity index (χ2n) is 6.72. The van der Waals surface area contributed by atoms with Crippen LogP contribution < -0.4 is 10.6 Å². The lowest BCUT2D eigenvalue weighted by Crippen LogP contribution is -2.26. The fraction of sp³-hybridized carbons (Fsp3) is 0.421. The van der Waals surface area contributed by atoms with Gasteiger partial charge in [0, 0.05) is 56.7 Å². The minimum absolute atomic E-state index is 0. The van der Waals surface area contributed by atoms with Gasteiger partial charge in [0.1, 0.15) is 10.7 Å². The van der Waals surface area contributed by atoms with Gasteiger partial charge in [-0.2, -0.15) is 5.10 Å². The van der Waals surface area contributed by atoms with E-state index in [4.69, 9.17) is 0 Å². The molecule has 4 heterocycles. The highest BCUT2D eigenvalue weighted by Crippen LogP contribution is 2.20. The van der Waals surface area contributed by atoms with E-state index in [9.17, 15) is 4.79 Å². The predicted molar refractivity (Wildman–Crippen MR) is 114 cm³/mol. The lowest BCUT2D eigenvalue weighted by atomic mass is 10.2. The number of nitrogens with zero attached hydrogens (tertiary/aromatic N) is 5. The standard InChI is InChI=1S/C19H23N7OS.ClH/c27-18(3-2-14-10-16-11-20-5-1-9-26(16)25-14)23-6-4-15-13-28-19(24-15)17-12-21-7-8-22-17;/h7-8,10,12-13,20H,1-6,9,11H2,(H,23,27);1H. The van der Waals surface area contributed by atoms with Crippen LogP contribution >= 0.6 is 23.7 Å². The molecule has 154 valence electrons. The van der Waals surface area contributed by atoms with Gasteiger partial charge in [-0.25, -0.2) is 4.98 Å². The molecular formula is C19H24ClN7OS. The van der Waals surface area contributed by atoms with Crippen molar-refractivity contribution in [3.63, 3.8) is 0 Å². The van der Waals surface area contributed by atoms with Crippen LogP contribution in [0.5, 0.6) is 0 Å². The molecule has 4 rings (SSSR count). The monoisotopic (exact) mass is 433 g/mol. The van der Waals surface area contributed by atoms with Crippen LogP contribution in [-0.4, -0.2) is 43.7 Å². The number of halogens is 1. The predicted octanol–water partition coefficient (Wildman–Crippen LogP) is 2.00. The molecule has 0 radical (unpaired) electrons. The van der Waals surface area contributed by atoms with Crippen LogP contribution in [0.2, 0.25) is 0 Å². The highest BCUT2D eigenvalue weighted by Gasteiger charge is 2.12. The van der Waals surface area contributed by atoms with E-state index < -0.39 is 0 Å². The Morgan fingerprint density at radius 3 is 3.07 bits per heavy atom. The van der Waals surface area contributed by atoms with Crippen LogP contribution in [-0.2, 0) is 30.7 Å². The Kier molecular flexibility index (Phi) is 7.68. The maximum absolute atomic E-state index is 12.1. The van der Waals surface area contributed by atoms with Crippen LogP contribution in [0.1, 0.15) is 29.9 Å². The molecule has 1 aliphatic rings. The van der Waals surface area contributed by atoms with E-state index in [1.54, 1.807) is 29.9 Å². The van der Waals surface area contributed by atoms with Crippen molar-refractivity contribution in [1.82, 2.24) is 35.4 Å². The molecule has 0 bridgehead atoms.